The van der Waals surface area contributed by atoms with E-state index in [9.17, 15) is 19.5 Å². The first-order valence-corrected chi connectivity index (χ1v) is 12.1. The van der Waals surface area contributed by atoms with E-state index < -0.39 is 23.7 Å². The summed E-state index contributed by atoms with van der Waals surface area (Å²) < 4.78 is 15.9. The van der Waals surface area contributed by atoms with Gasteiger partial charge in [-0.25, -0.2) is 4.79 Å². The highest BCUT2D eigenvalue weighted by atomic mass is 16.5. The molecule has 1 amide bonds. The highest BCUT2D eigenvalue weighted by Gasteiger charge is 2.47. The summed E-state index contributed by atoms with van der Waals surface area (Å²) in [5.74, 6) is -1.10. The normalized spacial score (nSPS) is 16.6. The number of anilines is 1. The van der Waals surface area contributed by atoms with E-state index in [2.05, 4.69) is 0 Å². The van der Waals surface area contributed by atoms with Crippen LogP contribution in [0.5, 0.6) is 11.5 Å². The number of carbonyl (C=O) groups excluding carboxylic acids is 3. The van der Waals surface area contributed by atoms with Crippen molar-refractivity contribution in [1.82, 2.24) is 0 Å². The van der Waals surface area contributed by atoms with Gasteiger partial charge in [-0.3, -0.25) is 14.5 Å². The summed E-state index contributed by atoms with van der Waals surface area (Å²) in [6.45, 7) is 4.62. The minimum absolute atomic E-state index is 0.0810. The smallest absolute Gasteiger partial charge is 0.337 e. The molecule has 1 saturated heterocycles. The fourth-order valence-corrected chi connectivity index (χ4v) is 4.25. The quantitative estimate of drug-likeness (QED) is 0.192. The molecule has 1 fully saturated rings. The number of aliphatic hydroxyl groups excluding tert-OH is 1. The number of hydrogen-bond donors (Lipinski definition) is 1. The minimum Gasteiger partial charge on any atom is -0.507 e. The molecule has 0 aromatic heterocycles. The number of nitrogens with zero attached hydrogens (tertiary/aromatic N) is 1. The molecule has 1 atom stereocenters. The second-order valence-electron chi connectivity index (χ2n) is 9.22. The summed E-state index contributed by atoms with van der Waals surface area (Å²) >= 11 is 0. The molecule has 8 nitrogen and oxygen atoms in total. The van der Waals surface area contributed by atoms with Crippen LogP contribution >= 0.6 is 0 Å². The molecule has 0 radical (unpaired) electrons. The lowest BCUT2D eigenvalue weighted by Crippen LogP contribution is -2.29. The molecule has 8 heteroatoms. The number of hydrogen-bond acceptors (Lipinski definition) is 7. The fourth-order valence-electron chi connectivity index (χ4n) is 4.25. The van der Waals surface area contributed by atoms with Gasteiger partial charge < -0.3 is 19.3 Å². The Bertz CT molecular complexity index is 1390. The third-order valence-corrected chi connectivity index (χ3v) is 6.11. The number of aliphatic hydroxyl groups is 1. The van der Waals surface area contributed by atoms with Gasteiger partial charge >= 0.3 is 5.97 Å². The van der Waals surface area contributed by atoms with Crippen LogP contribution in [0, 0.1) is 5.92 Å². The zero-order chi connectivity index (χ0) is 27.4. The van der Waals surface area contributed by atoms with Crippen molar-refractivity contribution in [3.63, 3.8) is 0 Å². The van der Waals surface area contributed by atoms with Gasteiger partial charge in [0.1, 0.15) is 17.3 Å². The second-order valence-corrected chi connectivity index (χ2v) is 9.22. The van der Waals surface area contributed by atoms with Gasteiger partial charge in [0.25, 0.3) is 11.7 Å². The maximum absolute atomic E-state index is 13.4. The Labute approximate surface area is 221 Å². The van der Waals surface area contributed by atoms with Gasteiger partial charge in [-0.1, -0.05) is 32.0 Å². The molecule has 0 spiro atoms. The molecule has 0 bridgehead atoms. The van der Waals surface area contributed by atoms with Gasteiger partial charge in [-0.2, -0.15) is 0 Å². The van der Waals surface area contributed by atoms with Crippen LogP contribution in [-0.2, 0) is 14.3 Å². The standard InChI is InChI=1S/C30H29NO7/c1-18(2)17-38-23-13-11-19(12-14-23)27(32)25-26(20-7-6-10-24(16-20)36-3)31(29(34)28(25)33)22-9-5-8-21(15-22)30(35)37-4/h5-16,18,26,32H,17H2,1-4H3/b27-25+. The molecule has 1 aliphatic heterocycles. The number of benzene rings is 3. The van der Waals surface area contributed by atoms with Crippen LogP contribution in [0.2, 0.25) is 0 Å². The van der Waals surface area contributed by atoms with E-state index in [4.69, 9.17) is 14.2 Å². The Hall–Kier alpha value is -4.59. The molecule has 1 N–H and O–H groups in total. The predicted molar refractivity (Wildman–Crippen MR) is 142 cm³/mol. The summed E-state index contributed by atoms with van der Waals surface area (Å²) in [4.78, 5) is 40.2. The van der Waals surface area contributed by atoms with Crippen molar-refractivity contribution < 1.29 is 33.7 Å². The number of methoxy groups -OCH3 is 2. The SMILES string of the molecule is COC(=O)c1cccc(N2C(=O)C(=O)/C(=C(/O)c3ccc(OCC(C)C)cc3)C2c2cccc(OC)c2)c1. The summed E-state index contributed by atoms with van der Waals surface area (Å²) in [5.41, 5.74) is 1.34. The zero-order valence-electron chi connectivity index (χ0n) is 21.6. The van der Waals surface area contributed by atoms with E-state index in [0.717, 1.165) is 0 Å². The highest BCUT2D eigenvalue weighted by Crippen LogP contribution is 2.43. The van der Waals surface area contributed by atoms with Gasteiger partial charge in [0, 0.05) is 11.3 Å². The molecule has 1 aliphatic rings. The number of ketones is 1. The van der Waals surface area contributed by atoms with Crippen LogP contribution in [0.1, 0.15) is 41.4 Å². The number of amides is 1. The van der Waals surface area contributed by atoms with Crippen molar-refractivity contribution in [3.05, 3.63) is 95.1 Å². The Morgan fingerprint density at radius 2 is 1.63 bits per heavy atom. The molecule has 3 aromatic carbocycles. The molecular formula is C30H29NO7. The van der Waals surface area contributed by atoms with Gasteiger partial charge in [0.05, 0.1) is 38.0 Å². The molecule has 0 aliphatic carbocycles. The van der Waals surface area contributed by atoms with Gasteiger partial charge in [0.2, 0.25) is 0 Å². The summed E-state index contributed by atoms with van der Waals surface area (Å²) in [6.07, 6.45) is 0. The van der Waals surface area contributed by atoms with Crippen molar-refractivity contribution in [3.8, 4) is 11.5 Å². The predicted octanol–water partition coefficient (Wildman–Crippen LogP) is 5.14. The Kier molecular flexibility index (Phi) is 7.81. The van der Waals surface area contributed by atoms with Gasteiger partial charge in [-0.05, 0) is 66.1 Å². The van der Waals surface area contributed by atoms with Crippen LogP contribution in [0.3, 0.4) is 0 Å². The first-order valence-electron chi connectivity index (χ1n) is 12.1. The molecule has 0 saturated carbocycles. The zero-order valence-corrected chi connectivity index (χ0v) is 21.6. The monoisotopic (exact) mass is 515 g/mol. The number of rotatable bonds is 8. The van der Waals surface area contributed by atoms with E-state index >= 15 is 0 Å². The molecule has 1 heterocycles. The largest absolute Gasteiger partial charge is 0.507 e. The van der Waals surface area contributed by atoms with Gasteiger partial charge in [-0.15, -0.1) is 0 Å². The van der Waals surface area contributed by atoms with Crippen molar-refractivity contribution in [2.45, 2.75) is 19.9 Å². The highest BCUT2D eigenvalue weighted by molar-refractivity contribution is 6.51. The molecule has 4 rings (SSSR count). The van der Waals surface area contributed by atoms with Crippen LogP contribution in [0.15, 0.2) is 78.4 Å². The maximum Gasteiger partial charge on any atom is 0.337 e. The molecule has 196 valence electrons. The number of Topliss-reactive ketones (excluding diaryl/α,β-unsaturated/α-hetero) is 1. The topological polar surface area (TPSA) is 102 Å². The number of ether oxygens (including phenoxy) is 3. The number of esters is 1. The first kappa shape index (κ1) is 26.5. The lowest BCUT2D eigenvalue weighted by Gasteiger charge is -2.26. The lowest BCUT2D eigenvalue weighted by molar-refractivity contribution is -0.132. The van der Waals surface area contributed by atoms with E-state index in [1.807, 2.05) is 13.8 Å². The van der Waals surface area contributed by atoms with Crippen LogP contribution in [-0.4, -0.2) is 43.6 Å². The van der Waals surface area contributed by atoms with Gasteiger partial charge in [0.15, 0.2) is 0 Å². The summed E-state index contributed by atoms with van der Waals surface area (Å²) in [5, 5.41) is 11.4. The Balaban J connectivity index is 1.85. The molecular weight excluding hydrogens is 486 g/mol. The van der Waals surface area contributed by atoms with E-state index in [0.29, 0.717) is 40.8 Å². The van der Waals surface area contributed by atoms with Crippen LogP contribution in [0.4, 0.5) is 5.69 Å². The van der Waals surface area contributed by atoms with Crippen molar-refractivity contribution in [2.75, 3.05) is 25.7 Å². The lowest BCUT2D eigenvalue weighted by atomic mass is 9.95. The summed E-state index contributed by atoms with van der Waals surface area (Å²) in [6, 6.07) is 18.9. The fraction of sp³-hybridized carbons (Fsp3) is 0.233. The molecule has 3 aromatic rings. The number of carbonyl (C=O) groups is 3. The summed E-state index contributed by atoms with van der Waals surface area (Å²) in [7, 11) is 2.77. The molecule has 1 unspecified atom stereocenters. The Morgan fingerprint density at radius 3 is 2.29 bits per heavy atom. The average Bonchev–Trinajstić information content (AvgIpc) is 3.21. The second kappa shape index (κ2) is 11.2. The van der Waals surface area contributed by atoms with E-state index in [1.54, 1.807) is 66.7 Å². The average molecular weight is 516 g/mol. The Morgan fingerprint density at radius 1 is 0.921 bits per heavy atom. The van der Waals surface area contributed by atoms with E-state index in [1.165, 1.54) is 25.2 Å². The third kappa shape index (κ3) is 5.25. The van der Waals surface area contributed by atoms with Crippen molar-refractivity contribution in [1.29, 1.82) is 0 Å². The van der Waals surface area contributed by atoms with E-state index in [-0.39, 0.29) is 16.9 Å². The minimum atomic E-state index is -0.977. The van der Waals surface area contributed by atoms with Crippen LogP contribution < -0.4 is 14.4 Å². The maximum atomic E-state index is 13.4. The van der Waals surface area contributed by atoms with Crippen LogP contribution in [0.25, 0.3) is 5.76 Å². The van der Waals surface area contributed by atoms with Crippen molar-refractivity contribution >= 4 is 29.1 Å². The van der Waals surface area contributed by atoms with Crippen molar-refractivity contribution in [2.24, 2.45) is 5.92 Å². The molecule has 38 heavy (non-hydrogen) atoms. The third-order valence-electron chi connectivity index (χ3n) is 6.11. The first-order chi connectivity index (χ1) is 18.2.